The number of ether oxygens (including phenoxy) is 1. The highest BCUT2D eigenvalue weighted by atomic mass is 16.6. The Kier molecular flexibility index (Phi) is 2.55. The number of ketones is 1. The van der Waals surface area contributed by atoms with Gasteiger partial charge < -0.3 is 4.74 Å². The Bertz CT molecular complexity index is 390. The zero-order valence-electron chi connectivity index (χ0n) is 11.4. The molecule has 0 spiro atoms. The first-order valence-electron chi connectivity index (χ1n) is 7.89. The molecule has 5 saturated carbocycles. The van der Waals surface area contributed by atoms with Crippen LogP contribution >= 0.6 is 0 Å². The summed E-state index contributed by atoms with van der Waals surface area (Å²) in [5.41, 5.74) is -0.186. The quantitative estimate of drug-likeness (QED) is 0.567. The largest absolute Gasteiger partial charge is 0.459 e. The molecule has 0 aliphatic heterocycles. The van der Waals surface area contributed by atoms with Gasteiger partial charge in [0.2, 0.25) is 0 Å². The van der Waals surface area contributed by atoms with Crippen molar-refractivity contribution in [1.29, 1.82) is 0 Å². The fourth-order valence-electron chi connectivity index (χ4n) is 5.51. The van der Waals surface area contributed by atoms with Crippen LogP contribution in [0.25, 0.3) is 0 Å². The molecular formula is C16H22O3. The van der Waals surface area contributed by atoms with Gasteiger partial charge in [-0.15, -0.1) is 0 Å². The van der Waals surface area contributed by atoms with Crippen LogP contribution in [-0.2, 0) is 14.3 Å². The van der Waals surface area contributed by atoms with Crippen LogP contribution in [0.5, 0.6) is 0 Å². The zero-order valence-corrected chi connectivity index (χ0v) is 11.4. The lowest BCUT2D eigenvalue weighted by Crippen LogP contribution is -2.53. The Morgan fingerprint density at radius 3 is 2.11 bits per heavy atom. The summed E-state index contributed by atoms with van der Waals surface area (Å²) >= 11 is 0. The van der Waals surface area contributed by atoms with E-state index >= 15 is 0 Å². The molecule has 0 N–H and O–H groups in total. The fourth-order valence-corrected chi connectivity index (χ4v) is 5.51. The average Bonchev–Trinajstić information content (AvgIpc) is 2.72. The molecule has 5 rings (SSSR count). The molecule has 19 heavy (non-hydrogen) atoms. The van der Waals surface area contributed by atoms with Crippen molar-refractivity contribution in [3.63, 3.8) is 0 Å². The molecule has 0 aromatic heterocycles. The molecule has 1 unspecified atom stereocenters. The van der Waals surface area contributed by atoms with Crippen molar-refractivity contribution in [2.24, 2.45) is 23.7 Å². The average molecular weight is 262 g/mol. The van der Waals surface area contributed by atoms with Gasteiger partial charge in [-0.1, -0.05) is 0 Å². The molecule has 0 aromatic carbocycles. The highest BCUT2D eigenvalue weighted by molar-refractivity contribution is 6.00. The van der Waals surface area contributed by atoms with Crippen LogP contribution in [0.2, 0.25) is 0 Å². The van der Waals surface area contributed by atoms with Crippen LogP contribution in [0.1, 0.15) is 57.8 Å². The Labute approximate surface area is 114 Å². The van der Waals surface area contributed by atoms with Crippen molar-refractivity contribution in [2.75, 3.05) is 0 Å². The smallest absolute Gasteiger partial charge is 0.317 e. The van der Waals surface area contributed by atoms with Crippen LogP contribution in [0.4, 0.5) is 0 Å². The van der Waals surface area contributed by atoms with Crippen molar-refractivity contribution < 1.29 is 14.3 Å². The first-order valence-corrected chi connectivity index (χ1v) is 7.89. The fraction of sp³-hybridized carbons (Fsp3) is 0.875. The van der Waals surface area contributed by atoms with Crippen LogP contribution in [0.3, 0.4) is 0 Å². The van der Waals surface area contributed by atoms with Gasteiger partial charge in [0.05, 0.1) is 0 Å². The monoisotopic (exact) mass is 262 g/mol. The van der Waals surface area contributed by atoms with E-state index < -0.39 is 5.92 Å². The summed E-state index contributed by atoms with van der Waals surface area (Å²) in [4.78, 5) is 24.0. The SMILES string of the molecule is O=C1CCCC1C(=O)OC12CC3CC(CC(C3)C1)C2. The summed E-state index contributed by atoms with van der Waals surface area (Å²) in [5, 5.41) is 0. The normalized spacial score (nSPS) is 47.7. The molecule has 0 amide bonds. The molecule has 1 atom stereocenters. The second kappa shape index (κ2) is 4.07. The standard InChI is InChI=1S/C16H22O3/c17-14-3-1-2-13(14)15(18)19-16-7-10-4-11(8-16)6-12(5-10)9-16/h10-13H,1-9H2. The van der Waals surface area contributed by atoms with E-state index in [0.29, 0.717) is 12.8 Å². The van der Waals surface area contributed by atoms with E-state index in [-0.39, 0.29) is 17.4 Å². The van der Waals surface area contributed by atoms with Crippen LogP contribution < -0.4 is 0 Å². The van der Waals surface area contributed by atoms with Crippen molar-refractivity contribution >= 4 is 11.8 Å². The van der Waals surface area contributed by atoms with Crippen molar-refractivity contribution in [3.8, 4) is 0 Å². The third-order valence-corrected chi connectivity index (χ3v) is 5.89. The zero-order chi connectivity index (χ0) is 13.0. The van der Waals surface area contributed by atoms with Crippen LogP contribution in [-0.4, -0.2) is 17.4 Å². The topological polar surface area (TPSA) is 43.4 Å². The molecule has 0 radical (unpaired) electrons. The minimum Gasteiger partial charge on any atom is -0.459 e. The van der Waals surface area contributed by atoms with Gasteiger partial charge in [-0.05, 0) is 69.1 Å². The van der Waals surface area contributed by atoms with Gasteiger partial charge >= 0.3 is 5.97 Å². The number of hydrogen-bond donors (Lipinski definition) is 0. The van der Waals surface area contributed by atoms with E-state index in [1.807, 2.05) is 0 Å². The summed E-state index contributed by atoms with van der Waals surface area (Å²) in [6.45, 7) is 0. The predicted molar refractivity (Wildman–Crippen MR) is 69.3 cm³/mol. The summed E-state index contributed by atoms with van der Waals surface area (Å²) in [6.07, 6.45) is 9.37. The van der Waals surface area contributed by atoms with E-state index in [2.05, 4.69) is 0 Å². The molecular weight excluding hydrogens is 240 g/mol. The van der Waals surface area contributed by atoms with Gasteiger partial charge in [0.25, 0.3) is 0 Å². The highest BCUT2D eigenvalue weighted by Gasteiger charge is 2.53. The molecule has 5 fully saturated rings. The second-order valence-corrected chi connectivity index (χ2v) is 7.43. The van der Waals surface area contributed by atoms with E-state index in [4.69, 9.17) is 4.74 Å². The van der Waals surface area contributed by atoms with Gasteiger partial charge in [-0.2, -0.15) is 0 Å². The number of carbonyl (C=O) groups excluding carboxylic acids is 2. The maximum absolute atomic E-state index is 12.3. The molecule has 3 heteroatoms. The third-order valence-electron chi connectivity index (χ3n) is 5.89. The van der Waals surface area contributed by atoms with Gasteiger partial charge in [0.15, 0.2) is 0 Å². The molecule has 0 heterocycles. The second-order valence-electron chi connectivity index (χ2n) is 7.43. The molecule has 0 aromatic rings. The van der Waals surface area contributed by atoms with E-state index in [1.165, 1.54) is 19.3 Å². The molecule has 0 saturated heterocycles. The van der Waals surface area contributed by atoms with Crippen molar-refractivity contribution in [2.45, 2.75) is 63.4 Å². The van der Waals surface area contributed by atoms with E-state index in [9.17, 15) is 9.59 Å². The molecule has 5 aliphatic rings. The number of Topliss-reactive ketones (excluding diaryl/α,β-unsaturated/α-hetero) is 1. The summed E-state index contributed by atoms with van der Waals surface area (Å²) in [7, 11) is 0. The Morgan fingerprint density at radius 2 is 1.63 bits per heavy atom. The van der Waals surface area contributed by atoms with Gasteiger partial charge in [-0.25, -0.2) is 0 Å². The maximum Gasteiger partial charge on any atom is 0.317 e. The van der Waals surface area contributed by atoms with E-state index in [0.717, 1.165) is 43.4 Å². The minimum atomic E-state index is -0.437. The predicted octanol–water partition coefficient (Wildman–Crippen LogP) is 2.87. The number of carbonyl (C=O) groups is 2. The van der Waals surface area contributed by atoms with Crippen LogP contribution in [0, 0.1) is 23.7 Å². The Morgan fingerprint density at radius 1 is 1.05 bits per heavy atom. The minimum absolute atomic E-state index is 0.106. The van der Waals surface area contributed by atoms with E-state index in [1.54, 1.807) is 0 Å². The van der Waals surface area contributed by atoms with Gasteiger partial charge in [0, 0.05) is 6.42 Å². The van der Waals surface area contributed by atoms with Crippen molar-refractivity contribution in [1.82, 2.24) is 0 Å². The first kappa shape index (κ1) is 11.9. The molecule has 104 valence electrons. The molecule has 4 bridgehead atoms. The Hall–Kier alpha value is -0.860. The van der Waals surface area contributed by atoms with Gasteiger partial charge in [-0.3, -0.25) is 9.59 Å². The first-order chi connectivity index (χ1) is 9.13. The van der Waals surface area contributed by atoms with Crippen molar-refractivity contribution in [3.05, 3.63) is 0 Å². The number of esters is 1. The Balaban J connectivity index is 1.50. The summed E-state index contributed by atoms with van der Waals surface area (Å²) < 4.78 is 5.95. The third kappa shape index (κ3) is 1.93. The molecule has 3 nitrogen and oxygen atoms in total. The van der Waals surface area contributed by atoms with Gasteiger partial charge in [0.1, 0.15) is 17.3 Å². The number of rotatable bonds is 2. The van der Waals surface area contributed by atoms with Crippen LogP contribution in [0.15, 0.2) is 0 Å². The summed E-state index contributed by atoms with van der Waals surface area (Å²) in [6, 6.07) is 0. The lowest BCUT2D eigenvalue weighted by molar-refractivity contribution is -0.190. The lowest BCUT2D eigenvalue weighted by Gasteiger charge is -2.55. The highest BCUT2D eigenvalue weighted by Crippen LogP contribution is 2.57. The summed E-state index contributed by atoms with van der Waals surface area (Å²) in [5.74, 6) is 1.79. The molecule has 5 aliphatic carbocycles. The lowest BCUT2D eigenvalue weighted by atomic mass is 9.54. The maximum atomic E-state index is 12.3. The number of hydrogen-bond acceptors (Lipinski definition) is 3.